The summed E-state index contributed by atoms with van der Waals surface area (Å²) in [6.07, 6.45) is 0.464. The number of nitrogens with zero attached hydrogens (tertiary/aromatic N) is 6. The Morgan fingerprint density at radius 1 is 1.22 bits per heavy atom. The predicted molar refractivity (Wildman–Crippen MR) is 132 cm³/mol. The van der Waals surface area contributed by atoms with Gasteiger partial charge in [0.2, 0.25) is 11.8 Å². The highest BCUT2D eigenvalue weighted by Crippen LogP contribution is 2.43. The SMILES string of the molecule is COC[C@H](c1cnn2cc([C@@H](Nc3nnc(C4CC4)o3)C3CCC(F)(F)CC3)nc2c1)N1C[C@@H](C(F)(F)F)NC1=O. The van der Waals surface area contributed by atoms with E-state index in [0.29, 0.717) is 22.8 Å². The number of aromatic nitrogens is 5. The molecule has 3 aromatic heterocycles. The van der Waals surface area contributed by atoms with Crippen LogP contribution in [0.3, 0.4) is 0 Å². The molecule has 1 aliphatic heterocycles. The molecule has 222 valence electrons. The fourth-order valence-corrected chi connectivity index (χ4v) is 5.53. The summed E-state index contributed by atoms with van der Waals surface area (Å²) in [5.41, 5.74) is 1.31. The minimum Gasteiger partial charge on any atom is -0.408 e. The zero-order chi connectivity index (χ0) is 28.9. The fourth-order valence-electron chi connectivity index (χ4n) is 5.53. The van der Waals surface area contributed by atoms with Crippen molar-refractivity contribution in [2.75, 3.05) is 25.6 Å². The Labute approximate surface area is 230 Å². The van der Waals surface area contributed by atoms with Crippen LogP contribution in [0.25, 0.3) is 5.65 Å². The number of imidazole rings is 1. The molecule has 0 spiro atoms. The molecule has 0 aromatic carbocycles. The van der Waals surface area contributed by atoms with Crippen LogP contribution in [0.4, 0.5) is 32.8 Å². The minimum absolute atomic E-state index is 0.0651. The van der Waals surface area contributed by atoms with Crippen LogP contribution >= 0.6 is 0 Å². The molecule has 11 nitrogen and oxygen atoms in total. The lowest BCUT2D eigenvalue weighted by Crippen LogP contribution is -2.40. The average molecular weight is 585 g/mol. The van der Waals surface area contributed by atoms with Gasteiger partial charge in [0.15, 0.2) is 5.65 Å². The first kappa shape index (κ1) is 27.6. The molecule has 4 heterocycles. The second-order valence-electron chi connectivity index (χ2n) is 11.0. The maximum Gasteiger partial charge on any atom is 0.410 e. The predicted octanol–water partition coefficient (Wildman–Crippen LogP) is 4.61. The average Bonchev–Trinajstić information content (AvgIpc) is 3.31. The van der Waals surface area contributed by atoms with Gasteiger partial charge in [0.25, 0.3) is 0 Å². The summed E-state index contributed by atoms with van der Waals surface area (Å²) in [7, 11) is 1.39. The molecule has 2 saturated carbocycles. The summed E-state index contributed by atoms with van der Waals surface area (Å²) in [5.74, 6) is -2.15. The number of carbonyl (C=O) groups excluding carboxylic acids is 1. The maximum absolute atomic E-state index is 14.0. The van der Waals surface area contributed by atoms with Crippen molar-refractivity contribution < 1.29 is 35.9 Å². The normalized spacial score (nSPS) is 23.1. The molecule has 0 unspecified atom stereocenters. The quantitative estimate of drug-likeness (QED) is 0.350. The number of urea groups is 1. The standard InChI is InChI=1S/C25H29F5N8O3/c1-40-12-17(37-11-18(25(28,29)30)33-23(37)39)15-8-19-32-16(10-38(19)31-9-15)20(13-4-6-24(26,27)7-5-13)34-22-36-35-21(41-22)14-2-3-14/h8-10,13-14,17-18,20H,2-7,11-12H2,1H3,(H,33,39)(H,34,36)/t17-,18+,20+/m1/s1. The van der Waals surface area contributed by atoms with Crippen molar-refractivity contribution in [3.05, 3.63) is 35.6 Å². The van der Waals surface area contributed by atoms with Crippen molar-refractivity contribution >= 4 is 17.7 Å². The molecule has 0 bridgehead atoms. The van der Waals surface area contributed by atoms with Gasteiger partial charge in [-0.05, 0) is 37.7 Å². The Morgan fingerprint density at radius 3 is 2.63 bits per heavy atom. The van der Waals surface area contributed by atoms with E-state index in [4.69, 9.17) is 14.1 Å². The highest BCUT2D eigenvalue weighted by molar-refractivity contribution is 5.77. The van der Waals surface area contributed by atoms with E-state index in [-0.39, 0.29) is 50.1 Å². The van der Waals surface area contributed by atoms with E-state index in [9.17, 15) is 26.7 Å². The van der Waals surface area contributed by atoms with Crippen LogP contribution in [-0.2, 0) is 4.74 Å². The smallest absolute Gasteiger partial charge is 0.408 e. The molecule has 3 fully saturated rings. The first-order valence-corrected chi connectivity index (χ1v) is 13.5. The summed E-state index contributed by atoms with van der Waals surface area (Å²) in [6.45, 7) is -0.642. The van der Waals surface area contributed by atoms with Gasteiger partial charge in [-0.15, -0.1) is 5.10 Å². The summed E-state index contributed by atoms with van der Waals surface area (Å²) in [5, 5.41) is 17.7. The van der Waals surface area contributed by atoms with Gasteiger partial charge in [0.05, 0.1) is 43.3 Å². The maximum atomic E-state index is 14.0. The lowest BCUT2D eigenvalue weighted by Gasteiger charge is -2.33. The molecule has 2 N–H and O–H groups in total. The lowest BCUT2D eigenvalue weighted by molar-refractivity contribution is -0.150. The number of amides is 2. The third kappa shape index (κ3) is 5.78. The molecular formula is C25H29F5N8O3. The number of anilines is 1. The summed E-state index contributed by atoms with van der Waals surface area (Å²) >= 11 is 0. The van der Waals surface area contributed by atoms with Gasteiger partial charge in [-0.3, -0.25) is 0 Å². The molecule has 2 aliphatic carbocycles. The molecule has 0 radical (unpaired) electrons. The molecule has 3 atom stereocenters. The van der Waals surface area contributed by atoms with Crippen molar-refractivity contribution in [2.45, 2.75) is 74.7 Å². The third-order valence-corrected chi connectivity index (χ3v) is 7.98. The summed E-state index contributed by atoms with van der Waals surface area (Å²) < 4.78 is 80.3. The van der Waals surface area contributed by atoms with Crippen LogP contribution in [0.1, 0.15) is 73.7 Å². The molecular weight excluding hydrogens is 555 g/mol. The van der Waals surface area contributed by atoms with Crippen LogP contribution in [-0.4, -0.2) is 74.1 Å². The van der Waals surface area contributed by atoms with E-state index < -0.39 is 42.8 Å². The van der Waals surface area contributed by atoms with Gasteiger partial charge < -0.3 is 24.7 Å². The Bertz CT molecular complexity index is 1400. The number of hydrogen-bond donors (Lipinski definition) is 2. The Hall–Kier alpha value is -3.56. The number of halogens is 5. The number of hydrogen-bond acceptors (Lipinski definition) is 8. The molecule has 3 aliphatic rings. The molecule has 1 saturated heterocycles. The number of ether oxygens (including phenoxy) is 1. The highest BCUT2D eigenvalue weighted by Gasteiger charge is 2.48. The third-order valence-electron chi connectivity index (χ3n) is 7.98. The summed E-state index contributed by atoms with van der Waals surface area (Å²) in [6, 6.07) is -2.43. The second-order valence-corrected chi connectivity index (χ2v) is 11.0. The first-order chi connectivity index (χ1) is 19.5. The van der Waals surface area contributed by atoms with Gasteiger partial charge in [0, 0.05) is 31.4 Å². The number of nitrogens with one attached hydrogen (secondary N) is 2. The van der Waals surface area contributed by atoms with Crippen LogP contribution in [0, 0.1) is 5.92 Å². The van der Waals surface area contributed by atoms with E-state index in [2.05, 4.69) is 20.6 Å². The Balaban J connectivity index is 1.29. The van der Waals surface area contributed by atoms with Crippen molar-refractivity contribution in [1.82, 2.24) is 35.0 Å². The zero-order valence-electron chi connectivity index (χ0n) is 22.1. The van der Waals surface area contributed by atoms with Crippen molar-refractivity contribution in [1.29, 1.82) is 0 Å². The number of rotatable bonds is 9. The number of fused-ring (bicyclic) bond motifs is 1. The highest BCUT2D eigenvalue weighted by atomic mass is 19.4. The van der Waals surface area contributed by atoms with Crippen LogP contribution < -0.4 is 10.6 Å². The van der Waals surface area contributed by atoms with Crippen molar-refractivity contribution in [3.8, 4) is 0 Å². The van der Waals surface area contributed by atoms with E-state index in [1.165, 1.54) is 17.8 Å². The number of carbonyl (C=O) groups is 1. The van der Waals surface area contributed by atoms with E-state index in [1.54, 1.807) is 12.3 Å². The van der Waals surface area contributed by atoms with Crippen LogP contribution in [0.2, 0.25) is 0 Å². The monoisotopic (exact) mass is 584 g/mol. The lowest BCUT2D eigenvalue weighted by atomic mass is 9.81. The largest absolute Gasteiger partial charge is 0.410 e. The first-order valence-electron chi connectivity index (χ1n) is 13.5. The van der Waals surface area contributed by atoms with Gasteiger partial charge in [-0.1, -0.05) is 5.10 Å². The number of methoxy groups -OCH3 is 1. The second kappa shape index (κ2) is 10.4. The fraction of sp³-hybridized carbons (Fsp3) is 0.640. The molecule has 2 amide bonds. The van der Waals surface area contributed by atoms with Crippen LogP contribution in [0.15, 0.2) is 22.9 Å². The molecule has 16 heteroatoms. The topological polar surface area (TPSA) is 123 Å². The number of alkyl halides is 5. The Morgan fingerprint density at radius 2 is 1.98 bits per heavy atom. The Kier molecular flexibility index (Phi) is 6.98. The van der Waals surface area contributed by atoms with E-state index in [0.717, 1.165) is 17.7 Å². The van der Waals surface area contributed by atoms with E-state index >= 15 is 0 Å². The van der Waals surface area contributed by atoms with Crippen LogP contribution in [0.5, 0.6) is 0 Å². The molecule has 41 heavy (non-hydrogen) atoms. The zero-order valence-corrected chi connectivity index (χ0v) is 22.1. The van der Waals surface area contributed by atoms with Gasteiger partial charge in [-0.2, -0.15) is 18.3 Å². The van der Waals surface area contributed by atoms with Gasteiger partial charge in [-0.25, -0.2) is 23.1 Å². The van der Waals surface area contributed by atoms with Gasteiger partial charge in [0.1, 0.15) is 6.04 Å². The summed E-state index contributed by atoms with van der Waals surface area (Å²) in [4.78, 5) is 18.2. The van der Waals surface area contributed by atoms with Crippen molar-refractivity contribution in [3.63, 3.8) is 0 Å². The van der Waals surface area contributed by atoms with E-state index in [1.807, 2.05) is 5.32 Å². The van der Waals surface area contributed by atoms with Crippen molar-refractivity contribution in [2.24, 2.45) is 5.92 Å². The van der Waals surface area contributed by atoms with Gasteiger partial charge >= 0.3 is 18.2 Å². The molecule has 6 rings (SSSR count). The minimum atomic E-state index is -4.59. The molecule has 3 aromatic rings.